The first-order valence-electron chi connectivity index (χ1n) is 8.44. The van der Waals surface area contributed by atoms with E-state index in [1.54, 1.807) is 36.4 Å². The van der Waals surface area contributed by atoms with E-state index in [9.17, 15) is 13.2 Å². The third-order valence-corrected chi connectivity index (χ3v) is 5.00. The third kappa shape index (κ3) is 5.39. The van der Waals surface area contributed by atoms with Gasteiger partial charge in [0.05, 0.1) is 10.6 Å². The number of hydrogen-bond donors (Lipinski definition) is 0. The third-order valence-electron chi connectivity index (χ3n) is 3.77. The van der Waals surface area contributed by atoms with Gasteiger partial charge in [-0.2, -0.15) is 18.2 Å². The van der Waals surface area contributed by atoms with Gasteiger partial charge in [0, 0.05) is 17.5 Å². The summed E-state index contributed by atoms with van der Waals surface area (Å²) in [5, 5.41) is 0.885. The Bertz CT molecular complexity index is 966. The Hall–Kier alpha value is -2.25. The summed E-state index contributed by atoms with van der Waals surface area (Å²) in [6.07, 6.45) is -3.70. The molecule has 146 valence electrons. The lowest BCUT2D eigenvalue weighted by molar-refractivity contribution is -0.137. The van der Waals surface area contributed by atoms with Crippen LogP contribution in [0.2, 0.25) is 5.02 Å². The summed E-state index contributed by atoms with van der Waals surface area (Å²) in [6, 6.07) is 14.0. The highest BCUT2D eigenvalue weighted by Gasteiger charge is 2.30. The van der Waals surface area contributed by atoms with Crippen LogP contribution in [-0.4, -0.2) is 9.97 Å². The smallest absolute Gasteiger partial charge is 0.416 e. The molecule has 0 fully saturated rings. The van der Waals surface area contributed by atoms with Crippen molar-refractivity contribution in [2.24, 2.45) is 0 Å². The van der Waals surface area contributed by atoms with Gasteiger partial charge in [-0.1, -0.05) is 60.6 Å². The number of halogens is 4. The van der Waals surface area contributed by atoms with Crippen LogP contribution in [-0.2, 0) is 18.3 Å². The maximum atomic E-state index is 12.9. The fourth-order valence-corrected chi connectivity index (χ4v) is 3.36. The number of nitrogens with zero attached hydrogens (tertiary/aromatic N) is 2. The second kappa shape index (κ2) is 8.84. The van der Waals surface area contributed by atoms with Crippen molar-refractivity contribution in [2.75, 3.05) is 0 Å². The molecule has 3 nitrogen and oxygen atoms in total. The van der Waals surface area contributed by atoms with E-state index in [2.05, 4.69) is 9.97 Å². The Kier molecular flexibility index (Phi) is 6.46. The molecule has 1 aromatic heterocycles. The zero-order valence-electron chi connectivity index (χ0n) is 14.8. The highest BCUT2D eigenvalue weighted by molar-refractivity contribution is 7.98. The van der Waals surface area contributed by atoms with E-state index in [0.717, 1.165) is 17.8 Å². The molecule has 8 heteroatoms. The van der Waals surface area contributed by atoms with Crippen LogP contribution >= 0.6 is 23.4 Å². The lowest BCUT2D eigenvalue weighted by atomic mass is 10.1. The molecule has 0 amide bonds. The first-order valence-corrected chi connectivity index (χ1v) is 9.81. The van der Waals surface area contributed by atoms with Crippen LogP contribution in [0.3, 0.4) is 0 Å². The summed E-state index contributed by atoms with van der Waals surface area (Å²) >= 11 is 7.36. The predicted octanol–water partition coefficient (Wildman–Crippen LogP) is 6.80. The topological polar surface area (TPSA) is 35.0 Å². The van der Waals surface area contributed by atoms with Gasteiger partial charge in [0.15, 0.2) is 5.16 Å². The zero-order chi connectivity index (χ0) is 20.1. The van der Waals surface area contributed by atoms with E-state index in [1.807, 2.05) is 6.92 Å². The van der Waals surface area contributed by atoms with Gasteiger partial charge < -0.3 is 4.74 Å². The van der Waals surface area contributed by atoms with E-state index in [1.165, 1.54) is 17.8 Å². The van der Waals surface area contributed by atoms with Gasteiger partial charge in [0.2, 0.25) is 5.88 Å². The monoisotopic (exact) mass is 424 g/mol. The number of ether oxygens (including phenoxy) is 1. The Balaban J connectivity index is 1.78. The van der Waals surface area contributed by atoms with Crippen molar-refractivity contribution in [2.45, 2.75) is 30.4 Å². The predicted molar refractivity (Wildman–Crippen MR) is 104 cm³/mol. The molecule has 3 aromatic rings. The molecule has 28 heavy (non-hydrogen) atoms. The van der Waals surface area contributed by atoms with Crippen LogP contribution in [0.5, 0.6) is 11.6 Å². The van der Waals surface area contributed by atoms with E-state index >= 15 is 0 Å². The number of alkyl halides is 3. The standard InChI is InChI=1S/C20H16ClF3N2OS/c1-2-15-11-18(27-17-9-4-3-8-16(17)21)26-19(25-15)28-12-13-6-5-7-14(10-13)20(22,23)24/h3-11H,2,12H2,1H3. The van der Waals surface area contributed by atoms with Crippen molar-refractivity contribution in [3.63, 3.8) is 0 Å². The summed E-state index contributed by atoms with van der Waals surface area (Å²) in [5.41, 5.74) is 0.638. The number of para-hydroxylation sites is 1. The number of benzene rings is 2. The Labute approximate surface area is 169 Å². The number of hydrogen-bond acceptors (Lipinski definition) is 4. The largest absolute Gasteiger partial charge is 0.437 e. The van der Waals surface area contributed by atoms with Gasteiger partial charge in [0.1, 0.15) is 5.75 Å². The van der Waals surface area contributed by atoms with Gasteiger partial charge in [0.25, 0.3) is 0 Å². The zero-order valence-corrected chi connectivity index (χ0v) is 16.4. The Morgan fingerprint density at radius 3 is 2.54 bits per heavy atom. The van der Waals surface area contributed by atoms with Crippen molar-refractivity contribution in [1.29, 1.82) is 0 Å². The average molecular weight is 425 g/mol. The molecule has 0 bridgehead atoms. The minimum absolute atomic E-state index is 0.308. The van der Waals surface area contributed by atoms with Crippen molar-refractivity contribution in [3.05, 3.63) is 76.4 Å². The van der Waals surface area contributed by atoms with E-state index in [-0.39, 0.29) is 0 Å². The highest BCUT2D eigenvalue weighted by atomic mass is 35.5. The second-order valence-electron chi connectivity index (χ2n) is 5.85. The number of thioether (sulfide) groups is 1. The van der Waals surface area contributed by atoms with Crippen molar-refractivity contribution in [1.82, 2.24) is 9.97 Å². The molecule has 0 saturated carbocycles. The van der Waals surface area contributed by atoms with E-state index < -0.39 is 11.7 Å². The van der Waals surface area contributed by atoms with Gasteiger partial charge in [-0.3, -0.25) is 0 Å². The van der Waals surface area contributed by atoms with Gasteiger partial charge in [-0.25, -0.2) is 4.98 Å². The molecule has 0 saturated heterocycles. The van der Waals surface area contributed by atoms with Crippen LogP contribution in [0, 0.1) is 0 Å². The van der Waals surface area contributed by atoms with Crippen LogP contribution in [0.1, 0.15) is 23.7 Å². The van der Waals surface area contributed by atoms with Gasteiger partial charge >= 0.3 is 6.18 Å². The molecule has 0 aliphatic heterocycles. The fraction of sp³-hybridized carbons (Fsp3) is 0.200. The average Bonchev–Trinajstić information content (AvgIpc) is 2.67. The highest BCUT2D eigenvalue weighted by Crippen LogP contribution is 2.32. The number of aromatic nitrogens is 2. The van der Waals surface area contributed by atoms with Crippen LogP contribution in [0.4, 0.5) is 13.2 Å². The molecule has 1 heterocycles. The fourth-order valence-electron chi connectivity index (χ4n) is 2.37. The summed E-state index contributed by atoms with van der Waals surface area (Å²) in [5.74, 6) is 1.12. The quantitative estimate of drug-likeness (QED) is 0.322. The van der Waals surface area contributed by atoms with Crippen LogP contribution in [0.25, 0.3) is 0 Å². The van der Waals surface area contributed by atoms with Gasteiger partial charge in [-0.05, 0) is 30.2 Å². The van der Waals surface area contributed by atoms with E-state index in [4.69, 9.17) is 16.3 Å². The second-order valence-corrected chi connectivity index (χ2v) is 7.20. The van der Waals surface area contributed by atoms with Crippen molar-refractivity contribution >= 4 is 23.4 Å². The summed E-state index contributed by atoms with van der Waals surface area (Å²) in [6.45, 7) is 1.95. The SMILES string of the molecule is CCc1cc(Oc2ccccc2Cl)nc(SCc2cccc(C(F)(F)F)c2)n1. The Morgan fingerprint density at radius 1 is 1.04 bits per heavy atom. The van der Waals surface area contributed by atoms with Crippen LogP contribution in [0.15, 0.2) is 59.8 Å². The minimum Gasteiger partial charge on any atom is -0.437 e. The summed E-state index contributed by atoms with van der Waals surface area (Å²) in [4.78, 5) is 8.77. The summed E-state index contributed by atoms with van der Waals surface area (Å²) < 4.78 is 44.4. The maximum Gasteiger partial charge on any atom is 0.416 e. The Morgan fingerprint density at radius 2 is 1.82 bits per heavy atom. The summed E-state index contributed by atoms with van der Waals surface area (Å²) in [7, 11) is 0. The molecule has 3 rings (SSSR count). The molecule has 2 aromatic carbocycles. The van der Waals surface area contributed by atoms with Crippen molar-refractivity contribution < 1.29 is 17.9 Å². The molecule has 0 aliphatic rings. The molecule has 0 aliphatic carbocycles. The first-order chi connectivity index (χ1) is 13.3. The molecular formula is C20H16ClF3N2OS. The lowest BCUT2D eigenvalue weighted by Gasteiger charge is -2.10. The minimum atomic E-state index is -4.37. The molecule has 0 N–H and O–H groups in total. The molecule has 0 atom stereocenters. The molecule has 0 radical (unpaired) electrons. The number of rotatable bonds is 6. The first kappa shape index (κ1) is 20.5. The normalized spacial score (nSPS) is 11.5. The lowest BCUT2D eigenvalue weighted by Crippen LogP contribution is -2.05. The molecule has 0 spiro atoms. The van der Waals surface area contributed by atoms with Crippen LogP contribution < -0.4 is 4.74 Å². The molecule has 0 unspecified atom stereocenters. The number of aryl methyl sites for hydroxylation is 1. The van der Waals surface area contributed by atoms with E-state index in [0.29, 0.717) is 39.5 Å². The maximum absolute atomic E-state index is 12.9. The van der Waals surface area contributed by atoms with Crippen molar-refractivity contribution in [3.8, 4) is 11.6 Å². The molecular weight excluding hydrogens is 409 g/mol. The van der Waals surface area contributed by atoms with Gasteiger partial charge in [-0.15, -0.1) is 0 Å².